The van der Waals surface area contributed by atoms with Crippen LogP contribution in [-0.2, 0) is 6.42 Å². The van der Waals surface area contributed by atoms with E-state index in [1.54, 1.807) is 6.07 Å². The van der Waals surface area contributed by atoms with E-state index in [0.29, 0.717) is 6.04 Å². The van der Waals surface area contributed by atoms with E-state index >= 15 is 0 Å². The Morgan fingerprint density at radius 1 is 1.25 bits per heavy atom. The van der Waals surface area contributed by atoms with Gasteiger partial charge in [0.05, 0.1) is 0 Å². The quantitative estimate of drug-likeness (QED) is 0.806. The van der Waals surface area contributed by atoms with Crippen LogP contribution in [0.3, 0.4) is 0 Å². The molecule has 0 aliphatic rings. The lowest BCUT2D eigenvalue weighted by atomic mass is 9.85. The molecule has 0 aliphatic heterocycles. The first kappa shape index (κ1) is 13.2. The highest BCUT2D eigenvalue weighted by Gasteiger charge is 2.20. The Morgan fingerprint density at radius 3 is 2.44 bits per heavy atom. The van der Waals surface area contributed by atoms with Crippen LogP contribution in [0, 0.1) is 11.2 Å². The Bertz CT molecular complexity index is 331. The highest BCUT2D eigenvalue weighted by molar-refractivity contribution is 5.18. The summed E-state index contributed by atoms with van der Waals surface area (Å²) in [4.78, 5) is 0. The monoisotopic (exact) mass is 223 g/mol. The van der Waals surface area contributed by atoms with E-state index in [-0.39, 0.29) is 11.2 Å². The first-order chi connectivity index (χ1) is 7.41. The molecule has 0 unspecified atom stereocenters. The molecule has 0 bridgehead atoms. The summed E-state index contributed by atoms with van der Waals surface area (Å²) in [6.45, 7) is 9.47. The maximum absolute atomic E-state index is 13.5. The van der Waals surface area contributed by atoms with Crippen molar-refractivity contribution < 1.29 is 4.39 Å². The van der Waals surface area contributed by atoms with E-state index in [4.69, 9.17) is 0 Å². The molecule has 1 aromatic carbocycles. The zero-order chi connectivity index (χ0) is 12.2. The maximum Gasteiger partial charge on any atom is 0.126 e. The van der Waals surface area contributed by atoms with E-state index < -0.39 is 0 Å². The van der Waals surface area contributed by atoms with Gasteiger partial charge in [-0.25, -0.2) is 4.39 Å². The molecule has 16 heavy (non-hydrogen) atoms. The van der Waals surface area contributed by atoms with Gasteiger partial charge in [0.1, 0.15) is 5.82 Å². The van der Waals surface area contributed by atoms with Crippen molar-refractivity contribution in [2.24, 2.45) is 5.41 Å². The number of benzene rings is 1. The molecule has 1 aromatic rings. The summed E-state index contributed by atoms with van der Waals surface area (Å²) >= 11 is 0. The van der Waals surface area contributed by atoms with Crippen molar-refractivity contribution in [1.82, 2.24) is 5.32 Å². The second-order valence-corrected chi connectivity index (χ2v) is 5.47. The van der Waals surface area contributed by atoms with Gasteiger partial charge in [0.15, 0.2) is 0 Å². The summed E-state index contributed by atoms with van der Waals surface area (Å²) in [5.41, 5.74) is 0.880. The number of hydrogen-bond acceptors (Lipinski definition) is 1. The molecule has 0 amide bonds. The van der Waals surface area contributed by atoms with Crippen LogP contribution < -0.4 is 5.32 Å². The average Bonchev–Trinajstić information content (AvgIpc) is 2.19. The molecule has 0 saturated carbocycles. The van der Waals surface area contributed by atoms with Crippen LogP contribution in [0.15, 0.2) is 24.3 Å². The summed E-state index contributed by atoms with van der Waals surface area (Å²) in [5.74, 6) is -0.0971. The van der Waals surface area contributed by atoms with E-state index in [9.17, 15) is 4.39 Å². The fourth-order valence-corrected chi connectivity index (χ4v) is 1.70. The molecule has 0 heterocycles. The third-order valence-corrected chi connectivity index (χ3v) is 2.62. The van der Waals surface area contributed by atoms with Crippen LogP contribution in [0.5, 0.6) is 0 Å². The van der Waals surface area contributed by atoms with Crippen molar-refractivity contribution in [3.63, 3.8) is 0 Å². The Balaban J connectivity index is 2.62. The second kappa shape index (κ2) is 5.44. The van der Waals surface area contributed by atoms with Crippen LogP contribution in [0.1, 0.15) is 33.3 Å². The molecule has 1 nitrogen and oxygen atoms in total. The molecule has 0 atom stereocenters. The van der Waals surface area contributed by atoms with Gasteiger partial charge in [0, 0.05) is 12.6 Å². The van der Waals surface area contributed by atoms with Gasteiger partial charge in [-0.2, -0.15) is 0 Å². The van der Waals surface area contributed by atoms with Crippen LogP contribution in [0.4, 0.5) is 4.39 Å². The third-order valence-electron chi connectivity index (χ3n) is 2.62. The largest absolute Gasteiger partial charge is 0.314 e. The fourth-order valence-electron chi connectivity index (χ4n) is 1.70. The van der Waals surface area contributed by atoms with Crippen LogP contribution in [-0.4, -0.2) is 12.6 Å². The standard InChI is InChI=1S/C14H22FN/c1-11(2)16-10-14(3,4)9-12-7-5-6-8-13(12)15/h5-8,11,16H,9-10H2,1-4H3. The first-order valence-corrected chi connectivity index (χ1v) is 5.87. The van der Waals surface area contributed by atoms with Crippen molar-refractivity contribution in [1.29, 1.82) is 0 Å². The average molecular weight is 223 g/mol. The lowest BCUT2D eigenvalue weighted by molar-refractivity contribution is 0.321. The number of rotatable bonds is 5. The molecular formula is C14H22FN. The Morgan fingerprint density at radius 2 is 1.88 bits per heavy atom. The summed E-state index contributed by atoms with van der Waals surface area (Å²) in [5, 5.41) is 3.40. The fraction of sp³-hybridized carbons (Fsp3) is 0.571. The number of halogens is 1. The molecule has 0 fully saturated rings. The molecule has 0 saturated heterocycles. The van der Waals surface area contributed by atoms with Crippen molar-refractivity contribution in [2.75, 3.05) is 6.54 Å². The van der Waals surface area contributed by atoms with Gasteiger partial charge in [-0.1, -0.05) is 45.9 Å². The second-order valence-electron chi connectivity index (χ2n) is 5.47. The van der Waals surface area contributed by atoms with Crippen molar-refractivity contribution >= 4 is 0 Å². The molecule has 0 spiro atoms. The van der Waals surface area contributed by atoms with E-state index in [1.165, 1.54) is 6.07 Å². The third kappa shape index (κ3) is 4.31. The van der Waals surface area contributed by atoms with Gasteiger partial charge in [0.2, 0.25) is 0 Å². The van der Waals surface area contributed by atoms with Gasteiger partial charge in [-0.3, -0.25) is 0 Å². The summed E-state index contributed by atoms with van der Waals surface area (Å²) < 4.78 is 13.5. The zero-order valence-corrected chi connectivity index (χ0v) is 10.7. The summed E-state index contributed by atoms with van der Waals surface area (Å²) in [6, 6.07) is 7.50. The molecule has 90 valence electrons. The summed E-state index contributed by atoms with van der Waals surface area (Å²) in [7, 11) is 0. The molecule has 1 N–H and O–H groups in total. The van der Waals surface area contributed by atoms with E-state index in [0.717, 1.165) is 18.5 Å². The number of hydrogen-bond donors (Lipinski definition) is 1. The van der Waals surface area contributed by atoms with Gasteiger partial charge < -0.3 is 5.32 Å². The molecule has 0 aliphatic carbocycles. The molecule has 0 aromatic heterocycles. The van der Waals surface area contributed by atoms with Gasteiger partial charge in [-0.05, 0) is 23.5 Å². The van der Waals surface area contributed by atoms with Crippen molar-refractivity contribution in [3.8, 4) is 0 Å². The zero-order valence-electron chi connectivity index (χ0n) is 10.7. The van der Waals surface area contributed by atoms with Crippen molar-refractivity contribution in [3.05, 3.63) is 35.6 Å². The van der Waals surface area contributed by atoms with E-state index in [2.05, 4.69) is 33.0 Å². The predicted molar refractivity (Wildman–Crippen MR) is 67.0 cm³/mol. The molecule has 2 heteroatoms. The molecule has 0 radical (unpaired) electrons. The van der Waals surface area contributed by atoms with Gasteiger partial charge in [0.25, 0.3) is 0 Å². The molecule has 1 rings (SSSR count). The predicted octanol–water partition coefficient (Wildman–Crippen LogP) is 3.39. The van der Waals surface area contributed by atoms with Gasteiger partial charge in [-0.15, -0.1) is 0 Å². The van der Waals surface area contributed by atoms with Crippen molar-refractivity contribution in [2.45, 2.75) is 40.2 Å². The minimum absolute atomic E-state index is 0.0759. The highest BCUT2D eigenvalue weighted by atomic mass is 19.1. The minimum atomic E-state index is -0.0971. The van der Waals surface area contributed by atoms with E-state index in [1.807, 2.05) is 12.1 Å². The smallest absolute Gasteiger partial charge is 0.126 e. The van der Waals surface area contributed by atoms with Crippen LogP contribution >= 0.6 is 0 Å². The lowest BCUT2D eigenvalue weighted by Crippen LogP contribution is -2.35. The van der Waals surface area contributed by atoms with Crippen LogP contribution in [0.25, 0.3) is 0 Å². The SMILES string of the molecule is CC(C)NCC(C)(C)Cc1ccccc1F. The van der Waals surface area contributed by atoms with Gasteiger partial charge >= 0.3 is 0 Å². The Kier molecular flexibility index (Phi) is 4.48. The van der Waals surface area contributed by atoms with Crippen LogP contribution in [0.2, 0.25) is 0 Å². The summed E-state index contributed by atoms with van der Waals surface area (Å²) in [6.07, 6.45) is 0.763. The lowest BCUT2D eigenvalue weighted by Gasteiger charge is -2.26. The Labute approximate surface area is 98.1 Å². The minimum Gasteiger partial charge on any atom is -0.314 e. The topological polar surface area (TPSA) is 12.0 Å². The highest BCUT2D eigenvalue weighted by Crippen LogP contribution is 2.22. The maximum atomic E-state index is 13.5. The Hall–Kier alpha value is -0.890. The molecular weight excluding hydrogens is 201 g/mol. The number of nitrogens with one attached hydrogen (secondary N) is 1. The first-order valence-electron chi connectivity index (χ1n) is 5.87. The normalized spacial score (nSPS) is 12.1.